The number of aromatic nitrogens is 1. The number of hydrogen-bond donors (Lipinski definition) is 1. The van der Waals surface area contributed by atoms with E-state index in [9.17, 15) is 8.78 Å². The van der Waals surface area contributed by atoms with Crippen molar-refractivity contribution in [1.29, 1.82) is 0 Å². The lowest BCUT2D eigenvalue weighted by atomic mass is 10.2. The second kappa shape index (κ2) is 5.29. The van der Waals surface area contributed by atoms with E-state index >= 15 is 0 Å². The molecule has 0 bridgehead atoms. The number of halogens is 3. The maximum Gasteiger partial charge on any atom is 0.256 e. The summed E-state index contributed by atoms with van der Waals surface area (Å²) in [6, 6.07) is 5.43. The van der Waals surface area contributed by atoms with E-state index in [1.54, 1.807) is 12.1 Å². The molecule has 2 aromatic rings. The molecule has 2 rings (SSSR count). The van der Waals surface area contributed by atoms with Gasteiger partial charge in [-0.3, -0.25) is 0 Å². The van der Waals surface area contributed by atoms with Crippen molar-refractivity contribution in [3.63, 3.8) is 0 Å². The molecule has 2 N–H and O–H groups in total. The minimum atomic E-state index is -0.881. The third-order valence-electron chi connectivity index (χ3n) is 2.23. The summed E-state index contributed by atoms with van der Waals surface area (Å²) in [4.78, 5) is 3.51. The monoisotopic (exact) mass is 270 g/mol. The Morgan fingerprint density at radius 2 is 2.06 bits per heavy atom. The summed E-state index contributed by atoms with van der Waals surface area (Å²) in [7, 11) is 0. The van der Waals surface area contributed by atoms with Crippen LogP contribution in [0.25, 0.3) is 0 Å². The van der Waals surface area contributed by atoms with Crippen molar-refractivity contribution in [2.24, 2.45) is 5.73 Å². The Balaban J connectivity index is 2.26. The van der Waals surface area contributed by atoms with Gasteiger partial charge in [-0.15, -0.1) is 0 Å². The van der Waals surface area contributed by atoms with Crippen LogP contribution < -0.4 is 10.5 Å². The van der Waals surface area contributed by atoms with E-state index in [0.717, 1.165) is 11.8 Å². The lowest BCUT2D eigenvalue weighted by molar-refractivity contribution is 0.416. The quantitative estimate of drug-likeness (QED) is 0.931. The standard InChI is InChI=1S/C12H9ClF2N2O/c13-10-4-9(2-1-7(10)5-16)18-12-11(15)3-8(14)6-17-12/h1-4,6H,5,16H2. The molecular formula is C12H9ClF2N2O. The Kier molecular flexibility index (Phi) is 3.74. The van der Waals surface area contributed by atoms with Gasteiger partial charge in [0.2, 0.25) is 0 Å². The second-order valence-corrected chi connectivity index (χ2v) is 3.91. The minimum absolute atomic E-state index is 0.294. The number of ether oxygens (including phenoxy) is 1. The molecule has 1 aromatic carbocycles. The Hall–Kier alpha value is -1.72. The van der Waals surface area contributed by atoms with Crippen LogP contribution in [0.1, 0.15) is 5.56 Å². The molecule has 0 saturated carbocycles. The lowest BCUT2D eigenvalue weighted by Gasteiger charge is -2.07. The maximum atomic E-state index is 13.3. The second-order valence-electron chi connectivity index (χ2n) is 3.50. The van der Waals surface area contributed by atoms with Crippen LogP contribution >= 0.6 is 11.6 Å². The predicted octanol–water partition coefficient (Wildman–Crippen LogP) is 3.26. The molecule has 0 saturated heterocycles. The van der Waals surface area contributed by atoms with Gasteiger partial charge in [-0.25, -0.2) is 13.8 Å². The SMILES string of the molecule is NCc1ccc(Oc2ncc(F)cc2F)cc1Cl. The molecule has 3 nitrogen and oxygen atoms in total. The molecular weight excluding hydrogens is 262 g/mol. The maximum absolute atomic E-state index is 13.3. The molecule has 6 heteroatoms. The molecule has 1 aromatic heterocycles. The Labute approximate surface area is 107 Å². The van der Waals surface area contributed by atoms with Gasteiger partial charge in [-0.05, 0) is 17.7 Å². The highest BCUT2D eigenvalue weighted by Crippen LogP contribution is 2.27. The van der Waals surface area contributed by atoms with Crippen molar-refractivity contribution < 1.29 is 13.5 Å². The van der Waals surface area contributed by atoms with Crippen LogP contribution in [0.4, 0.5) is 8.78 Å². The summed E-state index contributed by atoms with van der Waals surface area (Å²) in [5, 5.41) is 0.414. The van der Waals surface area contributed by atoms with Crippen molar-refractivity contribution in [3.8, 4) is 11.6 Å². The smallest absolute Gasteiger partial charge is 0.256 e. The van der Waals surface area contributed by atoms with Crippen molar-refractivity contribution in [3.05, 3.63) is 52.7 Å². The van der Waals surface area contributed by atoms with Crippen molar-refractivity contribution >= 4 is 11.6 Å². The summed E-state index contributed by atoms with van der Waals surface area (Å²) in [6.45, 7) is 0.294. The van der Waals surface area contributed by atoms with Crippen LogP contribution in [-0.4, -0.2) is 4.98 Å². The molecule has 18 heavy (non-hydrogen) atoms. The van der Waals surface area contributed by atoms with E-state index in [1.807, 2.05) is 0 Å². The zero-order valence-corrected chi connectivity index (χ0v) is 9.92. The largest absolute Gasteiger partial charge is 0.436 e. The zero-order chi connectivity index (χ0) is 13.1. The topological polar surface area (TPSA) is 48.1 Å². The van der Waals surface area contributed by atoms with Gasteiger partial charge in [-0.2, -0.15) is 0 Å². The number of rotatable bonds is 3. The first-order valence-corrected chi connectivity index (χ1v) is 5.45. The van der Waals surface area contributed by atoms with E-state index in [4.69, 9.17) is 22.1 Å². The zero-order valence-electron chi connectivity index (χ0n) is 9.16. The molecule has 0 radical (unpaired) electrons. The van der Waals surface area contributed by atoms with Gasteiger partial charge >= 0.3 is 0 Å². The highest BCUT2D eigenvalue weighted by Gasteiger charge is 2.09. The van der Waals surface area contributed by atoms with Gasteiger partial charge in [0.05, 0.1) is 6.20 Å². The van der Waals surface area contributed by atoms with E-state index in [0.29, 0.717) is 23.4 Å². The van der Waals surface area contributed by atoms with Gasteiger partial charge < -0.3 is 10.5 Å². The fourth-order valence-electron chi connectivity index (χ4n) is 1.35. The first-order chi connectivity index (χ1) is 8.60. The summed E-state index contributed by atoms with van der Waals surface area (Å²) >= 11 is 5.93. The van der Waals surface area contributed by atoms with Gasteiger partial charge in [0.15, 0.2) is 5.82 Å². The van der Waals surface area contributed by atoms with E-state index in [-0.39, 0.29) is 5.88 Å². The average molecular weight is 271 g/mol. The van der Waals surface area contributed by atoms with Gasteiger partial charge in [0.1, 0.15) is 11.6 Å². The number of nitrogens with two attached hydrogens (primary N) is 1. The molecule has 1 heterocycles. The van der Waals surface area contributed by atoms with Crippen LogP contribution in [0.3, 0.4) is 0 Å². The van der Waals surface area contributed by atoms with E-state index in [2.05, 4.69) is 4.98 Å². The molecule has 94 valence electrons. The fraction of sp³-hybridized carbons (Fsp3) is 0.0833. The summed E-state index contributed by atoms with van der Waals surface area (Å²) < 4.78 is 31.1. The van der Waals surface area contributed by atoms with Gasteiger partial charge in [-0.1, -0.05) is 17.7 Å². The number of nitrogens with zero attached hydrogens (tertiary/aromatic N) is 1. The molecule has 0 aliphatic heterocycles. The first-order valence-electron chi connectivity index (χ1n) is 5.07. The van der Waals surface area contributed by atoms with Gasteiger partial charge in [0.25, 0.3) is 5.88 Å². The highest BCUT2D eigenvalue weighted by atomic mass is 35.5. The van der Waals surface area contributed by atoms with Crippen LogP contribution in [0.2, 0.25) is 5.02 Å². The molecule has 0 amide bonds. The third-order valence-corrected chi connectivity index (χ3v) is 2.58. The predicted molar refractivity (Wildman–Crippen MR) is 63.6 cm³/mol. The normalized spacial score (nSPS) is 10.4. The Morgan fingerprint density at radius 1 is 1.28 bits per heavy atom. The minimum Gasteiger partial charge on any atom is -0.436 e. The Morgan fingerprint density at radius 3 is 2.67 bits per heavy atom. The summed E-state index contributed by atoms with van der Waals surface area (Å²) in [6.07, 6.45) is 0.869. The number of benzene rings is 1. The Bertz CT molecular complexity index is 578. The molecule has 0 spiro atoms. The van der Waals surface area contributed by atoms with E-state index < -0.39 is 11.6 Å². The van der Waals surface area contributed by atoms with E-state index in [1.165, 1.54) is 6.07 Å². The van der Waals surface area contributed by atoms with Crippen LogP contribution in [-0.2, 0) is 6.54 Å². The van der Waals surface area contributed by atoms with Gasteiger partial charge in [0, 0.05) is 17.6 Å². The number of pyridine rings is 1. The van der Waals surface area contributed by atoms with Crippen molar-refractivity contribution in [2.45, 2.75) is 6.54 Å². The fourth-order valence-corrected chi connectivity index (χ4v) is 1.59. The van der Waals surface area contributed by atoms with Crippen molar-refractivity contribution in [2.75, 3.05) is 0 Å². The first kappa shape index (κ1) is 12.7. The average Bonchev–Trinajstić information content (AvgIpc) is 2.33. The molecule has 0 aliphatic carbocycles. The third kappa shape index (κ3) is 2.75. The summed E-state index contributed by atoms with van der Waals surface area (Å²) in [5.41, 5.74) is 6.20. The van der Waals surface area contributed by atoms with Crippen LogP contribution in [0.15, 0.2) is 30.5 Å². The molecule has 0 fully saturated rings. The van der Waals surface area contributed by atoms with Crippen LogP contribution in [0.5, 0.6) is 11.6 Å². The lowest BCUT2D eigenvalue weighted by Crippen LogP contribution is -1.98. The van der Waals surface area contributed by atoms with Crippen molar-refractivity contribution in [1.82, 2.24) is 4.98 Å². The summed E-state index contributed by atoms with van der Waals surface area (Å²) in [5.74, 6) is -1.66. The number of hydrogen-bond acceptors (Lipinski definition) is 3. The highest BCUT2D eigenvalue weighted by molar-refractivity contribution is 6.31. The molecule has 0 unspecified atom stereocenters. The molecule has 0 atom stereocenters. The molecule has 0 aliphatic rings. The van der Waals surface area contributed by atoms with Crippen LogP contribution in [0, 0.1) is 11.6 Å².